The molecule has 17 heteroatoms. The van der Waals surface area contributed by atoms with Gasteiger partial charge in [-0.05, 0) is 89.0 Å². The van der Waals surface area contributed by atoms with Crippen LogP contribution in [0.1, 0.15) is 77.7 Å². The first-order valence-corrected chi connectivity index (χ1v) is 18.7. The molecule has 5 aromatic rings. The van der Waals surface area contributed by atoms with Crippen molar-refractivity contribution in [1.29, 1.82) is 0 Å². The molecule has 0 bridgehead atoms. The molecule has 0 saturated carbocycles. The molecule has 6 heterocycles. The van der Waals surface area contributed by atoms with Crippen molar-refractivity contribution >= 4 is 52.1 Å². The maximum Gasteiger partial charge on any atom is 0.265 e. The molecule has 2 saturated heterocycles. The number of hydrogen-bond acceptors (Lipinski definition) is 11. The molecule has 57 heavy (non-hydrogen) atoms. The van der Waals surface area contributed by atoms with Crippen molar-refractivity contribution in [3.63, 3.8) is 0 Å². The van der Waals surface area contributed by atoms with Gasteiger partial charge in [-0.15, -0.1) is 0 Å². The molecule has 2 aromatic carbocycles. The summed E-state index contributed by atoms with van der Waals surface area (Å²) in [4.78, 5) is 72.7. The molecule has 3 aromatic heterocycles. The van der Waals surface area contributed by atoms with Crippen molar-refractivity contribution in [2.24, 2.45) is 0 Å². The number of nitrogens with zero attached hydrogens (tertiary/aromatic N) is 8. The third-order valence-corrected chi connectivity index (χ3v) is 10.9. The highest BCUT2D eigenvalue weighted by Crippen LogP contribution is 2.33. The number of anilines is 3. The Bertz CT molecular complexity index is 2460. The van der Waals surface area contributed by atoms with Gasteiger partial charge in [-0.3, -0.25) is 34.3 Å². The lowest BCUT2D eigenvalue weighted by Gasteiger charge is -2.37. The number of carbonyl (C=O) groups excluding carboxylic acids is 4. The van der Waals surface area contributed by atoms with Crippen LogP contribution in [0.15, 0.2) is 48.8 Å². The first-order chi connectivity index (χ1) is 27.3. The molecule has 8 rings (SSSR count). The molecule has 294 valence electrons. The van der Waals surface area contributed by atoms with Crippen molar-refractivity contribution in [1.82, 2.24) is 39.6 Å². The number of hydrogen-bond donors (Lipinski definition) is 2. The molecule has 3 aliphatic heterocycles. The van der Waals surface area contributed by atoms with Crippen LogP contribution in [-0.4, -0.2) is 90.2 Å². The normalized spacial score (nSPS) is 17.7. The van der Waals surface area contributed by atoms with Crippen molar-refractivity contribution in [3.8, 4) is 11.3 Å². The van der Waals surface area contributed by atoms with Gasteiger partial charge in [-0.1, -0.05) is 0 Å². The Labute approximate surface area is 325 Å². The van der Waals surface area contributed by atoms with E-state index in [0.29, 0.717) is 29.3 Å². The number of amides is 4. The fourth-order valence-corrected chi connectivity index (χ4v) is 8.12. The Kier molecular flexibility index (Phi) is 9.71. The first kappa shape index (κ1) is 37.7. The predicted octanol–water partition coefficient (Wildman–Crippen LogP) is 5.44. The predicted molar refractivity (Wildman–Crippen MR) is 203 cm³/mol. The highest BCUT2D eigenvalue weighted by molar-refractivity contribution is 6.23. The number of rotatable bonds is 9. The monoisotopic (exact) mass is 780 g/mol. The number of pyridine rings is 1. The molecule has 4 amide bonds. The van der Waals surface area contributed by atoms with Crippen LogP contribution in [0.4, 0.5) is 30.6 Å². The number of fused-ring (bicyclic) bond motifs is 2. The Morgan fingerprint density at radius 1 is 0.912 bits per heavy atom. The second-order valence-corrected chi connectivity index (χ2v) is 14.9. The second-order valence-electron chi connectivity index (χ2n) is 14.9. The second kappa shape index (κ2) is 14.7. The van der Waals surface area contributed by atoms with E-state index >= 15 is 13.2 Å². The molecule has 3 aliphatic rings. The standard InChI is InChI=1S/C40H39F3N10O4/c1-20(2)52-21(3)46-36-28(42)15-23(16-31(36)52)35-29(43)18-45-40(49-35)47-32-7-5-25(17-44-32)51-11-9-24(10-12-51)50(4)19-22-13-26-34(27(41)14-22)39(57)53(38(26)56)30-6-8-33(54)48-37(30)55/h5,7,13-18,20,24,30H,6,8-12,19H2,1-4H3,(H,48,54,55)(H,44,45,47,49). The van der Waals surface area contributed by atoms with Gasteiger partial charge in [-0.25, -0.2) is 33.1 Å². The van der Waals surface area contributed by atoms with E-state index in [1.54, 1.807) is 25.3 Å². The molecular formula is C40H39F3N10O4. The summed E-state index contributed by atoms with van der Waals surface area (Å²) in [5, 5.41) is 5.16. The van der Waals surface area contributed by atoms with Crippen LogP contribution < -0.4 is 15.5 Å². The van der Waals surface area contributed by atoms with Crippen LogP contribution >= 0.6 is 0 Å². The highest BCUT2D eigenvalue weighted by Gasteiger charge is 2.46. The molecule has 2 N–H and O–H groups in total. The smallest absolute Gasteiger partial charge is 0.265 e. The van der Waals surface area contributed by atoms with E-state index in [1.807, 2.05) is 31.5 Å². The minimum absolute atomic E-state index is 0.00977. The quantitative estimate of drug-likeness (QED) is 0.184. The van der Waals surface area contributed by atoms with E-state index in [1.165, 1.54) is 18.2 Å². The molecule has 14 nitrogen and oxygen atoms in total. The van der Waals surface area contributed by atoms with Gasteiger partial charge in [0.15, 0.2) is 11.6 Å². The number of nitrogens with one attached hydrogen (secondary N) is 2. The molecule has 1 atom stereocenters. The van der Waals surface area contributed by atoms with Gasteiger partial charge in [0.1, 0.15) is 34.7 Å². The largest absolute Gasteiger partial charge is 0.370 e. The van der Waals surface area contributed by atoms with E-state index in [4.69, 9.17) is 0 Å². The summed E-state index contributed by atoms with van der Waals surface area (Å²) < 4.78 is 47.4. The van der Waals surface area contributed by atoms with Gasteiger partial charge in [0.05, 0.1) is 34.7 Å². The van der Waals surface area contributed by atoms with E-state index in [0.717, 1.165) is 42.7 Å². The van der Waals surface area contributed by atoms with Crippen molar-refractivity contribution in [2.75, 3.05) is 30.4 Å². The molecule has 0 spiro atoms. The summed E-state index contributed by atoms with van der Waals surface area (Å²) in [6, 6.07) is 8.35. The van der Waals surface area contributed by atoms with Crippen LogP contribution in [0.3, 0.4) is 0 Å². The maximum atomic E-state index is 15.3. The van der Waals surface area contributed by atoms with Crippen LogP contribution in [0, 0.1) is 24.4 Å². The van der Waals surface area contributed by atoms with Crippen molar-refractivity contribution in [2.45, 2.75) is 71.1 Å². The minimum Gasteiger partial charge on any atom is -0.370 e. The number of aryl methyl sites for hydroxylation is 1. The summed E-state index contributed by atoms with van der Waals surface area (Å²) in [6.45, 7) is 7.50. The van der Waals surface area contributed by atoms with E-state index < -0.39 is 47.1 Å². The summed E-state index contributed by atoms with van der Waals surface area (Å²) in [5.74, 6) is -3.78. The zero-order chi connectivity index (χ0) is 40.3. The molecule has 2 fully saturated rings. The molecular weight excluding hydrogens is 741 g/mol. The zero-order valence-electron chi connectivity index (χ0n) is 31.6. The fraction of sp³-hybridized carbons (Fsp3) is 0.350. The Morgan fingerprint density at radius 2 is 1.68 bits per heavy atom. The lowest BCUT2D eigenvalue weighted by Crippen LogP contribution is -2.54. The Morgan fingerprint density at radius 3 is 2.39 bits per heavy atom. The lowest BCUT2D eigenvalue weighted by molar-refractivity contribution is -0.136. The molecule has 0 radical (unpaired) electrons. The average Bonchev–Trinajstić information content (AvgIpc) is 3.65. The topological polar surface area (TPSA) is 159 Å². The summed E-state index contributed by atoms with van der Waals surface area (Å²) in [6.07, 6.45) is 4.31. The van der Waals surface area contributed by atoms with Gasteiger partial charge in [-0.2, -0.15) is 0 Å². The van der Waals surface area contributed by atoms with Gasteiger partial charge in [0, 0.05) is 43.7 Å². The van der Waals surface area contributed by atoms with Crippen LogP contribution in [-0.2, 0) is 16.1 Å². The van der Waals surface area contributed by atoms with E-state index in [-0.39, 0.29) is 58.8 Å². The summed E-state index contributed by atoms with van der Waals surface area (Å²) in [7, 11) is 1.93. The highest BCUT2D eigenvalue weighted by atomic mass is 19.1. The van der Waals surface area contributed by atoms with Gasteiger partial charge in [0.25, 0.3) is 11.8 Å². The van der Waals surface area contributed by atoms with E-state index in [9.17, 15) is 19.2 Å². The number of imidazole rings is 1. The lowest BCUT2D eigenvalue weighted by atomic mass is 10.0. The Hall–Kier alpha value is -6.23. The first-order valence-electron chi connectivity index (χ1n) is 18.7. The zero-order valence-corrected chi connectivity index (χ0v) is 31.6. The van der Waals surface area contributed by atoms with Crippen LogP contribution in [0.2, 0.25) is 0 Å². The van der Waals surface area contributed by atoms with Crippen LogP contribution in [0.25, 0.3) is 22.3 Å². The van der Waals surface area contributed by atoms with E-state index in [2.05, 4.69) is 40.4 Å². The SMILES string of the molecule is Cc1nc2c(F)cc(-c3nc(Nc4ccc(N5CCC(N(C)Cc6cc(F)c7c(c6)C(=O)N(C6CCC(=O)NC6=O)C7=O)CC5)cn4)ncc3F)cc2n1C(C)C. The minimum atomic E-state index is -1.17. The number of piperidine rings is 2. The van der Waals surface area contributed by atoms with Gasteiger partial charge >= 0.3 is 0 Å². The molecule has 1 unspecified atom stereocenters. The Balaban J connectivity index is 0.891. The summed E-state index contributed by atoms with van der Waals surface area (Å²) >= 11 is 0. The van der Waals surface area contributed by atoms with Crippen molar-refractivity contribution in [3.05, 3.63) is 88.8 Å². The number of halogens is 3. The summed E-state index contributed by atoms with van der Waals surface area (Å²) in [5.41, 5.74) is 1.93. The number of aromatic nitrogens is 5. The fourth-order valence-electron chi connectivity index (χ4n) is 8.12. The van der Waals surface area contributed by atoms with Gasteiger partial charge in [0.2, 0.25) is 17.8 Å². The van der Waals surface area contributed by atoms with Crippen LogP contribution in [0.5, 0.6) is 0 Å². The number of benzene rings is 2. The molecule has 0 aliphatic carbocycles. The average molecular weight is 781 g/mol. The van der Waals surface area contributed by atoms with Crippen molar-refractivity contribution < 1.29 is 32.3 Å². The number of imide groups is 2. The maximum absolute atomic E-state index is 15.3. The van der Waals surface area contributed by atoms with Gasteiger partial charge < -0.3 is 14.8 Å². The number of carbonyl (C=O) groups is 4. The third-order valence-electron chi connectivity index (χ3n) is 10.9. The third kappa shape index (κ3) is 6.96.